The van der Waals surface area contributed by atoms with Crippen molar-refractivity contribution in [3.63, 3.8) is 0 Å². The van der Waals surface area contributed by atoms with Gasteiger partial charge < -0.3 is 0 Å². The number of aryl methyl sites for hydroxylation is 1. The zero-order chi connectivity index (χ0) is 11.7. The van der Waals surface area contributed by atoms with Crippen molar-refractivity contribution in [2.75, 3.05) is 0 Å². The molecule has 17 heavy (non-hydrogen) atoms. The van der Waals surface area contributed by atoms with Gasteiger partial charge in [-0.2, -0.15) is 10.2 Å². The third kappa shape index (κ3) is 2.14. The van der Waals surface area contributed by atoms with E-state index in [1.807, 2.05) is 41.9 Å². The van der Waals surface area contributed by atoms with Crippen LogP contribution in [0.4, 0.5) is 0 Å². The van der Waals surface area contributed by atoms with Crippen molar-refractivity contribution in [3.8, 4) is 0 Å². The van der Waals surface area contributed by atoms with Crippen LogP contribution in [0.1, 0.15) is 5.69 Å². The van der Waals surface area contributed by atoms with E-state index in [2.05, 4.69) is 21.4 Å². The van der Waals surface area contributed by atoms with E-state index < -0.39 is 0 Å². The number of hydrogen-bond donors (Lipinski definition) is 0. The summed E-state index contributed by atoms with van der Waals surface area (Å²) in [6.45, 7) is 1.93. The number of pyridine rings is 1. The van der Waals surface area contributed by atoms with Gasteiger partial charge in [0, 0.05) is 17.3 Å². The smallest absolute Gasteiger partial charge is 0.124 e. The van der Waals surface area contributed by atoms with E-state index in [-0.39, 0.29) is 0 Å². The van der Waals surface area contributed by atoms with Gasteiger partial charge in [0.1, 0.15) is 5.03 Å². The Bertz CT molecular complexity index is 645. The number of aromatic nitrogens is 4. The van der Waals surface area contributed by atoms with Crippen molar-refractivity contribution in [1.82, 2.24) is 19.8 Å². The molecule has 0 radical (unpaired) electrons. The lowest BCUT2D eigenvalue weighted by molar-refractivity contribution is 0.893. The van der Waals surface area contributed by atoms with Crippen LogP contribution >= 0.6 is 11.8 Å². The van der Waals surface area contributed by atoms with Crippen LogP contribution in [0.2, 0.25) is 0 Å². The van der Waals surface area contributed by atoms with E-state index in [1.165, 1.54) is 0 Å². The van der Waals surface area contributed by atoms with Gasteiger partial charge >= 0.3 is 0 Å². The van der Waals surface area contributed by atoms with Gasteiger partial charge in [0.25, 0.3) is 0 Å². The van der Waals surface area contributed by atoms with E-state index in [9.17, 15) is 0 Å². The average molecular weight is 242 g/mol. The molecule has 0 saturated heterocycles. The summed E-state index contributed by atoms with van der Waals surface area (Å²) in [5.74, 6) is 0. The van der Waals surface area contributed by atoms with Gasteiger partial charge in [-0.25, -0.2) is 4.52 Å². The van der Waals surface area contributed by atoms with Gasteiger partial charge in [-0.15, -0.1) is 5.10 Å². The van der Waals surface area contributed by atoms with Gasteiger partial charge in [-0.3, -0.25) is 0 Å². The summed E-state index contributed by atoms with van der Waals surface area (Å²) in [6.07, 6.45) is 3.77. The summed E-state index contributed by atoms with van der Waals surface area (Å²) in [7, 11) is 0. The van der Waals surface area contributed by atoms with Gasteiger partial charge in [0.15, 0.2) is 0 Å². The van der Waals surface area contributed by atoms with Crippen LogP contribution in [0.15, 0.2) is 52.6 Å². The van der Waals surface area contributed by atoms with Gasteiger partial charge in [0.2, 0.25) is 0 Å². The number of nitrogens with zero attached hydrogens (tertiary/aromatic N) is 4. The van der Waals surface area contributed by atoms with E-state index >= 15 is 0 Å². The zero-order valence-corrected chi connectivity index (χ0v) is 10.1. The Morgan fingerprint density at radius 1 is 1.06 bits per heavy atom. The van der Waals surface area contributed by atoms with Crippen LogP contribution in [-0.2, 0) is 0 Å². The van der Waals surface area contributed by atoms with Crippen molar-refractivity contribution >= 4 is 17.3 Å². The lowest BCUT2D eigenvalue weighted by Crippen LogP contribution is -1.89. The third-order valence-corrected chi connectivity index (χ3v) is 3.27. The van der Waals surface area contributed by atoms with Crippen LogP contribution < -0.4 is 0 Å². The Kier molecular flexibility index (Phi) is 2.53. The predicted molar refractivity (Wildman–Crippen MR) is 66.1 cm³/mol. The molecule has 0 fully saturated rings. The van der Waals surface area contributed by atoms with Gasteiger partial charge in [-0.1, -0.05) is 11.8 Å². The topological polar surface area (TPSA) is 43.1 Å². The maximum absolute atomic E-state index is 4.20. The molecule has 0 saturated carbocycles. The SMILES string of the molecule is Cc1ccc(Sc2ccc3ccnn3c2)nn1. The number of rotatable bonds is 2. The number of hydrogen-bond acceptors (Lipinski definition) is 4. The lowest BCUT2D eigenvalue weighted by atomic mass is 10.4. The molecule has 4 nitrogen and oxygen atoms in total. The van der Waals surface area contributed by atoms with Crippen LogP contribution in [-0.4, -0.2) is 19.8 Å². The highest BCUT2D eigenvalue weighted by Gasteiger charge is 2.01. The molecule has 0 aliphatic rings. The zero-order valence-electron chi connectivity index (χ0n) is 9.24. The van der Waals surface area contributed by atoms with E-state index in [4.69, 9.17) is 0 Å². The van der Waals surface area contributed by atoms with Crippen LogP contribution in [0.3, 0.4) is 0 Å². The molecule has 0 amide bonds. The second-order valence-electron chi connectivity index (χ2n) is 3.68. The monoisotopic (exact) mass is 242 g/mol. The summed E-state index contributed by atoms with van der Waals surface area (Å²) < 4.78 is 1.85. The summed E-state index contributed by atoms with van der Waals surface area (Å²) in [5, 5.41) is 13.3. The Labute approximate surface area is 103 Å². The fourth-order valence-electron chi connectivity index (χ4n) is 1.52. The molecule has 0 bridgehead atoms. The van der Waals surface area contributed by atoms with E-state index in [0.717, 1.165) is 21.1 Å². The minimum absolute atomic E-state index is 0.891. The van der Waals surface area contributed by atoms with Crippen molar-refractivity contribution in [1.29, 1.82) is 0 Å². The Morgan fingerprint density at radius 2 is 2.00 bits per heavy atom. The standard InChI is InChI=1S/C12H10N4S/c1-9-2-5-12(15-14-9)17-11-4-3-10-6-7-13-16(10)8-11/h2-8H,1H3. The molecule has 5 heteroatoms. The molecule has 3 rings (SSSR count). The first kappa shape index (κ1) is 10.3. The molecule has 0 aliphatic heterocycles. The average Bonchev–Trinajstić information content (AvgIpc) is 2.79. The molecule has 3 aromatic rings. The normalized spacial score (nSPS) is 10.9. The minimum Gasteiger partial charge on any atom is -0.240 e. The lowest BCUT2D eigenvalue weighted by Gasteiger charge is -2.01. The Morgan fingerprint density at radius 3 is 2.82 bits per heavy atom. The molecule has 0 spiro atoms. The maximum Gasteiger partial charge on any atom is 0.124 e. The van der Waals surface area contributed by atoms with E-state index in [1.54, 1.807) is 18.0 Å². The van der Waals surface area contributed by atoms with E-state index in [0.29, 0.717) is 0 Å². The number of fused-ring (bicyclic) bond motifs is 1. The molecule has 0 aromatic carbocycles. The maximum atomic E-state index is 4.20. The second-order valence-corrected chi connectivity index (χ2v) is 4.77. The third-order valence-electron chi connectivity index (χ3n) is 2.36. The molecular weight excluding hydrogens is 232 g/mol. The molecular formula is C12H10N4S. The highest BCUT2D eigenvalue weighted by molar-refractivity contribution is 7.99. The highest BCUT2D eigenvalue weighted by atomic mass is 32.2. The van der Waals surface area contributed by atoms with Crippen molar-refractivity contribution in [2.24, 2.45) is 0 Å². The first-order valence-electron chi connectivity index (χ1n) is 5.23. The molecule has 0 unspecified atom stereocenters. The first-order chi connectivity index (χ1) is 8.31. The molecule has 3 heterocycles. The Hall–Kier alpha value is -1.88. The van der Waals surface area contributed by atoms with Gasteiger partial charge in [0.05, 0.1) is 11.2 Å². The van der Waals surface area contributed by atoms with Crippen LogP contribution in [0.5, 0.6) is 0 Å². The van der Waals surface area contributed by atoms with Crippen molar-refractivity contribution in [3.05, 3.63) is 48.4 Å². The summed E-state index contributed by atoms with van der Waals surface area (Å²) in [4.78, 5) is 1.10. The first-order valence-corrected chi connectivity index (χ1v) is 6.04. The van der Waals surface area contributed by atoms with Gasteiger partial charge in [-0.05, 0) is 37.3 Å². The molecule has 84 valence electrons. The molecule has 0 aliphatic carbocycles. The van der Waals surface area contributed by atoms with Crippen LogP contribution in [0, 0.1) is 6.92 Å². The van der Waals surface area contributed by atoms with Crippen molar-refractivity contribution < 1.29 is 0 Å². The minimum atomic E-state index is 0.891. The quantitative estimate of drug-likeness (QED) is 0.692. The molecule has 0 N–H and O–H groups in total. The predicted octanol–water partition coefficient (Wildman–Crippen LogP) is 2.58. The largest absolute Gasteiger partial charge is 0.240 e. The summed E-state index contributed by atoms with van der Waals surface area (Å²) in [6, 6.07) is 10.0. The summed E-state index contributed by atoms with van der Waals surface area (Å²) in [5.41, 5.74) is 2.02. The summed E-state index contributed by atoms with van der Waals surface area (Å²) >= 11 is 1.58. The fourth-order valence-corrected chi connectivity index (χ4v) is 2.27. The highest BCUT2D eigenvalue weighted by Crippen LogP contribution is 2.25. The molecule has 3 aromatic heterocycles. The van der Waals surface area contributed by atoms with Crippen LogP contribution in [0.25, 0.3) is 5.52 Å². The fraction of sp³-hybridized carbons (Fsp3) is 0.0833. The Balaban J connectivity index is 1.91. The molecule has 0 atom stereocenters. The second kappa shape index (κ2) is 4.18. The van der Waals surface area contributed by atoms with Crippen molar-refractivity contribution in [2.45, 2.75) is 16.8 Å².